The number of nitrogens with zero attached hydrogens (tertiary/aromatic N) is 3. The molecule has 0 unspecified atom stereocenters. The number of hydrogen-bond acceptors (Lipinski definition) is 9. The Balaban J connectivity index is 1.21. The van der Waals surface area contributed by atoms with Crippen LogP contribution < -0.4 is 14.8 Å². The highest BCUT2D eigenvalue weighted by molar-refractivity contribution is 6.34. The Morgan fingerprint density at radius 2 is 1.61 bits per heavy atom. The van der Waals surface area contributed by atoms with Crippen molar-refractivity contribution in [3.05, 3.63) is 134 Å². The second kappa shape index (κ2) is 15.4. The Hall–Kier alpha value is -5.79. The predicted octanol–water partition coefficient (Wildman–Crippen LogP) is 4.44. The fraction of sp³-hybridized carbons (Fsp3) is 0.243. The molecule has 6 rings (SSSR count). The number of benzene rings is 4. The van der Waals surface area contributed by atoms with Crippen LogP contribution in [-0.2, 0) is 17.6 Å². The standard InChI is InChI=1S/C37H33ClN4O9/c38-29-20-25(42(48)49)11-12-28(29)35(45)39-30(18-23-6-2-1-3-7-23)31(43)21-40(16-14-24-10-13-32-33(19-24)51-22-50-32)34(44)15-17-41-36(46)26-8-4-5-9-27(26)37(41)47/h1-13,19-20,30-31,43H,14-18,21-22H2,(H,39,45)/t30-,31-/m0/s1. The summed E-state index contributed by atoms with van der Waals surface area (Å²) < 4.78 is 10.9. The van der Waals surface area contributed by atoms with E-state index in [1.807, 2.05) is 42.5 Å². The minimum atomic E-state index is -1.30. The molecule has 2 heterocycles. The average Bonchev–Trinajstić information content (AvgIpc) is 3.70. The van der Waals surface area contributed by atoms with Crippen molar-refractivity contribution in [1.29, 1.82) is 0 Å². The molecule has 2 aliphatic heterocycles. The minimum absolute atomic E-state index is 0.0239. The van der Waals surface area contributed by atoms with Crippen LogP contribution in [0.5, 0.6) is 11.5 Å². The molecule has 4 aromatic carbocycles. The molecule has 2 N–H and O–H groups in total. The van der Waals surface area contributed by atoms with Gasteiger partial charge in [-0.15, -0.1) is 0 Å². The van der Waals surface area contributed by atoms with E-state index in [0.717, 1.165) is 28.2 Å². The molecule has 51 heavy (non-hydrogen) atoms. The van der Waals surface area contributed by atoms with Crippen LogP contribution in [0.15, 0.2) is 91.0 Å². The molecule has 14 heteroatoms. The molecule has 2 aliphatic rings. The lowest BCUT2D eigenvalue weighted by molar-refractivity contribution is -0.384. The number of aliphatic hydroxyl groups excluding tert-OH is 1. The SMILES string of the molecule is O=C(N[C@@H](Cc1ccccc1)[C@@H](O)CN(CCc1ccc2c(c1)OCO2)C(=O)CCN1C(=O)c2ccccc2C1=O)c1ccc([N+](=O)[O-])cc1Cl. The quantitative estimate of drug-likeness (QED) is 0.109. The zero-order valence-electron chi connectivity index (χ0n) is 27.2. The number of imide groups is 1. The first-order chi connectivity index (χ1) is 24.6. The van der Waals surface area contributed by atoms with Crippen molar-refractivity contribution in [2.75, 3.05) is 26.4 Å². The van der Waals surface area contributed by atoms with Gasteiger partial charge in [0.2, 0.25) is 12.7 Å². The monoisotopic (exact) mass is 712 g/mol. The van der Waals surface area contributed by atoms with E-state index in [0.29, 0.717) is 17.9 Å². The van der Waals surface area contributed by atoms with Crippen LogP contribution in [0.4, 0.5) is 5.69 Å². The number of aliphatic hydroxyl groups is 1. The molecule has 0 aliphatic carbocycles. The van der Waals surface area contributed by atoms with Crippen LogP contribution in [0.1, 0.15) is 48.6 Å². The van der Waals surface area contributed by atoms with Gasteiger partial charge >= 0.3 is 0 Å². The number of amides is 4. The second-order valence-corrected chi connectivity index (χ2v) is 12.5. The molecule has 0 fully saturated rings. The highest BCUT2D eigenvalue weighted by Gasteiger charge is 2.36. The molecule has 0 saturated heterocycles. The molecule has 0 saturated carbocycles. The fourth-order valence-corrected chi connectivity index (χ4v) is 6.30. The summed E-state index contributed by atoms with van der Waals surface area (Å²) in [7, 11) is 0. The maximum absolute atomic E-state index is 13.8. The molecule has 2 atom stereocenters. The lowest BCUT2D eigenvalue weighted by atomic mass is 9.99. The normalized spacial score (nSPS) is 14.2. The number of nitro groups is 1. The van der Waals surface area contributed by atoms with Crippen molar-refractivity contribution in [3.8, 4) is 11.5 Å². The summed E-state index contributed by atoms with van der Waals surface area (Å²) in [5, 5.41) is 25.6. The van der Waals surface area contributed by atoms with Gasteiger partial charge in [0.1, 0.15) is 0 Å². The van der Waals surface area contributed by atoms with E-state index in [9.17, 15) is 34.4 Å². The van der Waals surface area contributed by atoms with Gasteiger partial charge in [-0.05, 0) is 54.3 Å². The Labute approximate surface area is 297 Å². The third kappa shape index (κ3) is 8.00. The van der Waals surface area contributed by atoms with Crippen molar-refractivity contribution in [1.82, 2.24) is 15.1 Å². The first-order valence-corrected chi connectivity index (χ1v) is 16.5. The smallest absolute Gasteiger partial charge is 0.270 e. The average molecular weight is 713 g/mol. The van der Waals surface area contributed by atoms with Gasteiger partial charge in [0.15, 0.2) is 11.5 Å². The molecule has 0 spiro atoms. The van der Waals surface area contributed by atoms with Crippen molar-refractivity contribution in [3.63, 3.8) is 0 Å². The third-order valence-corrected chi connectivity index (χ3v) is 9.10. The summed E-state index contributed by atoms with van der Waals surface area (Å²) in [6.07, 6.45) is -0.952. The van der Waals surface area contributed by atoms with E-state index in [-0.39, 0.29) is 66.7 Å². The lowest BCUT2D eigenvalue weighted by Gasteiger charge is -2.31. The maximum Gasteiger partial charge on any atom is 0.270 e. The largest absolute Gasteiger partial charge is 0.454 e. The zero-order valence-corrected chi connectivity index (χ0v) is 28.0. The first-order valence-electron chi connectivity index (χ1n) is 16.2. The predicted molar refractivity (Wildman–Crippen MR) is 185 cm³/mol. The van der Waals surface area contributed by atoms with Gasteiger partial charge in [0.05, 0.1) is 38.8 Å². The summed E-state index contributed by atoms with van der Waals surface area (Å²) in [6, 6.07) is 23.6. The molecule has 4 amide bonds. The van der Waals surface area contributed by atoms with Gasteiger partial charge in [0.25, 0.3) is 23.4 Å². The van der Waals surface area contributed by atoms with Gasteiger partial charge < -0.3 is 24.8 Å². The van der Waals surface area contributed by atoms with E-state index < -0.39 is 40.7 Å². The van der Waals surface area contributed by atoms with Crippen molar-refractivity contribution >= 4 is 40.9 Å². The number of carbonyl (C=O) groups excluding carboxylic acids is 4. The highest BCUT2D eigenvalue weighted by Crippen LogP contribution is 2.33. The zero-order chi connectivity index (χ0) is 36.1. The van der Waals surface area contributed by atoms with Gasteiger partial charge in [0, 0.05) is 38.2 Å². The molecular formula is C37H33ClN4O9. The lowest BCUT2D eigenvalue weighted by Crippen LogP contribution is -2.51. The number of nitrogens with one attached hydrogen (secondary N) is 1. The number of carbonyl (C=O) groups is 4. The summed E-state index contributed by atoms with van der Waals surface area (Å²) in [6.45, 7) is -0.118. The van der Waals surface area contributed by atoms with Gasteiger partial charge in [-0.25, -0.2) is 0 Å². The number of rotatable bonds is 14. The first kappa shape index (κ1) is 35.1. The van der Waals surface area contributed by atoms with E-state index in [2.05, 4.69) is 5.32 Å². The molecule has 13 nitrogen and oxygen atoms in total. The molecular weight excluding hydrogens is 680 g/mol. The number of halogens is 1. The van der Waals surface area contributed by atoms with Gasteiger partial charge in [-0.1, -0.05) is 60.1 Å². The van der Waals surface area contributed by atoms with Crippen molar-refractivity contribution < 1.29 is 38.7 Å². The van der Waals surface area contributed by atoms with Crippen LogP contribution in [-0.4, -0.2) is 82.0 Å². The molecule has 0 aromatic heterocycles. The van der Waals surface area contributed by atoms with Crippen LogP contribution in [0.2, 0.25) is 5.02 Å². The Kier molecular flexibility index (Phi) is 10.6. The number of nitro benzene ring substituents is 1. The summed E-state index contributed by atoms with van der Waals surface area (Å²) in [4.78, 5) is 66.3. The molecule has 0 bridgehead atoms. The third-order valence-electron chi connectivity index (χ3n) is 8.78. The van der Waals surface area contributed by atoms with Crippen LogP contribution in [0, 0.1) is 10.1 Å². The molecule has 0 radical (unpaired) electrons. The minimum Gasteiger partial charge on any atom is -0.454 e. The van der Waals surface area contributed by atoms with Crippen molar-refractivity contribution in [2.45, 2.75) is 31.4 Å². The van der Waals surface area contributed by atoms with E-state index in [1.165, 1.54) is 11.0 Å². The molecule has 4 aromatic rings. The fourth-order valence-electron chi connectivity index (χ4n) is 6.04. The van der Waals surface area contributed by atoms with Crippen LogP contribution in [0.3, 0.4) is 0 Å². The van der Waals surface area contributed by atoms with E-state index >= 15 is 0 Å². The number of non-ortho nitro benzene ring substituents is 1. The number of hydrogen-bond donors (Lipinski definition) is 2. The van der Waals surface area contributed by atoms with Gasteiger partial charge in [-0.3, -0.25) is 34.2 Å². The van der Waals surface area contributed by atoms with E-state index in [4.69, 9.17) is 21.1 Å². The number of fused-ring (bicyclic) bond motifs is 2. The van der Waals surface area contributed by atoms with Gasteiger partial charge in [-0.2, -0.15) is 0 Å². The Morgan fingerprint density at radius 1 is 0.922 bits per heavy atom. The second-order valence-electron chi connectivity index (χ2n) is 12.1. The Bertz CT molecular complexity index is 1960. The maximum atomic E-state index is 13.8. The summed E-state index contributed by atoms with van der Waals surface area (Å²) in [5.74, 6) is -0.868. The summed E-state index contributed by atoms with van der Waals surface area (Å²) in [5.41, 5.74) is 1.88. The number of ether oxygens (including phenoxy) is 2. The topological polar surface area (TPSA) is 169 Å². The summed E-state index contributed by atoms with van der Waals surface area (Å²) >= 11 is 6.24. The van der Waals surface area contributed by atoms with Crippen LogP contribution >= 0.6 is 11.6 Å². The van der Waals surface area contributed by atoms with Crippen molar-refractivity contribution in [2.24, 2.45) is 0 Å². The highest BCUT2D eigenvalue weighted by atomic mass is 35.5. The van der Waals surface area contributed by atoms with E-state index in [1.54, 1.807) is 30.3 Å². The molecule has 262 valence electrons. The Morgan fingerprint density at radius 3 is 2.29 bits per heavy atom. The van der Waals surface area contributed by atoms with Crippen LogP contribution in [0.25, 0.3) is 0 Å².